The topological polar surface area (TPSA) is 34.5 Å². The van der Waals surface area contributed by atoms with Gasteiger partial charge in [0.15, 0.2) is 0 Å². The Bertz CT molecular complexity index is 4210. The third-order valence-corrected chi connectivity index (χ3v) is 13.8. The van der Waals surface area contributed by atoms with E-state index in [2.05, 4.69) is 240 Å². The lowest BCUT2D eigenvalue weighted by molar-refractivity contribution is 0.669. The van der Waals surface area contributed by atoms with Crippen LogP contribution >= 0.6 is 0 Å². The molecule has 0 saturated heterocycles. The Morgan fingerprint density at radius 1 is 0.309 bits per heavy atom. The molecule has 3 heterocycles. The van der Waals surface area contributed by atoms with Crippen LogP contribution in [0.3, 0.4) is 0 Å². The van der Waals surface area contributed by atoms with Crippen LogP contribution in [0.25, 0.3) is 116 Å². The van der Waals surface area contributed by atoms with Gasteiger partial charge in [0.25, 0.3) is 0 Å². The molecular weight excluding hydrogens is 829 g/mol. The van der Waals surface area contributed by atoms with Crippen molar-refractivity contribution >= 4 is 93.5 Å². The van der Waals surface area contributed by atoms with Crippen molar-refractivity contribution in [3.63, 3.8) is 0 Å². The number of fused-ring (bicyclic) bond motifs is 11. The monoisotopic (exact) mass is 868 g/mol. The summed E-state index contributed by atoms with van der Waals surface area (Å²) in [5, 5.41) is 9.25. The van der Waals surface area contributed by atoms with Crippen molar-refractivity contribution in [2.45, 2.75) is 0 Å². The number of para-hydroxylation sites is 5. The molecule has 0 fully saturated rings. The molecule has 4 heteroatoms. The highest BCUT2D eigenvalue weighted by Gasteiger charge is 2.22. The van der Waals surface area contributed by atoms with Gasteiger partial charge in [0.05, 0.1) is 16.7 Å². The van der Waals surface area contributed by atoms with Crippen molar-refractivity contribution in [3.8, 4) is 39.1 Å². The maximum atomic E-state index is 6.93. The first-order chi connectivity index (χ1) is 33.7. The molecule has 318 valence electrons. The predicted molar refractivity (Wildman–Crippen MR) is 284 cm³/mol. The molecule has 0 spiro atoms. The number of aromatic nitrogens is 1. The van der Waals surface area contributed by atoms with E-state index in [1.165, 1.54) is 21.8 Å². The van der Waals surface area contributed by atoms with Crippen molar-refractivity contribution in [1.82, 2.24) is 4.57 Å². The fourth-order valence-electron chi connectivity index (χ4n) is 10.6. The quantitative estimate of drug-likeness (QED) is 0.160. The number of rotatable bonds is 7. The van der Waals surface area contributed by atoms with Gasteiger partial charge in [0, 0.05) is 65.9 Å². The van der Waals surface area contributed by atoms with Crippen LogP contribution in [0.2, 0.25) is 0 Å². The summed E-state index contributed by atoms with van der Waals surface area (Å²) in [5.74, 6) is 0. The largest absolute Gasteiger partial charge is 0.456 e. The van der Waals surface area contributed by atoms with Crippen LogP contribution in [0.15, 0.2) is 251 Å². The molecule has 14 rings (SSSR count). The Morgan fingerprint density at radius 2 is 0.853 bits per heavy atom. The molecule has 0 aliphatic rings. The first-order valence-corrected chi connectivity index (χ1v) is 23.2. The summed E-state index contributed by atoms with van der Waals surface area (Å²) in [7, 11) is 0. The van der Waals surface area contributed by atoms with Crippen molar-refractivity contribution in [1.29, 1.82) is 0 Å². The van der Waals surface area contributed by atoms with Gasteiger partial charge in [-0.1, -0.05) is 164 Å². The van der Waals surface area contributed by atoms with Crippen LogP contribution in [0.4, 0.5) is 17.1 Å². The molecule has 0 bridgehead atoms. The minimum Gasteiger partial charge on any atom is -0.456 e. The second-order valence-corrected chi connectivity index (χ2v) is 17.6. The normalized spacial score (nSPS) is 11.8. The molecular formula is C64H40N2O2. The third-order valence-electron chi connectivity index (χ3n) is 13.8. The third kappa shape index (κ3) is 6.01. The van der Waals surface area contributed by atoms with Crippen molar-refractivity contribution in [2.75, 3.05) is 4.90 Å². The predicted octanol–water partition coefficient (Wildman–Crippen LogP) is 18.2. The molecule has 0 radical (unpaired) electrons. The second-order valence-electron chi connectivity index (χ2n) is 17.6. The first-order valence-electron chi connectivity index (χ1n) is 23.2. The fraction of sp³-hybridized carbons (Fsp3) is 0. The Labute approximate surface area is 391 Å². The van der Waals surface area contributed by atoms with Crippen LogP contribution in [-0.2, 0) is 0 Å². The molecule has 0 N–H and O–H groups in total. The lowest BCUT2D eigenvalue weighted by Gasteiger charge is -2.28. The zero-order valence-corrected chi connectivity index (χ0v) is 36.8. The van der Waals surface area contributed by atoms with Gasteiger partial charge in [0.1, 0.15) is 22.3 Å². The Hall–Kier alpha value is -9.12. The minimum absolute atomic E-state index is 0.876. The Kier molecular flexibility index (Phi) is 8.55. The van der Waals surface area contributed by atoms with E-state index in [4.69, 9.17) is 8.83 Å². The molecule has 0 atom stereocenters. The van der Waals surface area contributed by atoms with Crippen molar-refractivity contribution in [3.05, 3.63) is 243 Å². The summed E-state index contributed by atoms with van der Waals surface area (Å²) in [5.41, 5.74) is 16.8. The smallest absolute Gasteiger partial charge is 0.143 e. The molecule has 3 aromatic heterocycles. The van der Waals surface area contributed by atoms with Crippen LogP contribution < -0.4 is 4.90 Å². The second kappa shape index (κ2) is 15.2. The van der Waals surface area contributed by atoms with Crippen molar-refractivity contribution in [2.24, 2.45) is 0 Å². The van der Waals surface area contributed by atoms with Crippen LogP contribution in [0.1, 0.15) is 0 Å². The van der Waals surface area contributed by atoms with Gasteiger partial charge in [-0.05, 0) is 107 Å². The average molecular weight is 869 g/mol. The minimum atomic E-state index is 0.876. The van der Waals surface area contributed by atoms with Gasteiger partial charge < -0.3 is 18.3 Å². The number of furan rings is 2. The van der Waals surface area contributed by atoms with E-state index in [9.17, 15) is 0 Å². The fourth-order valence-corrected chi connectivity index (χ4v) is 10.6. The molecule has 0 unspecified atom stereocenters. The van der Waals surface area contributed by atoms with Gasteiger partial charge in [-0.2, -0.15) is 0 Å². The highest BCUT2D eigenvalue weighted by molar-refractivity contribution is 6.18. The number of anilines is 3. The maximum Gasteiger partial charge on any atom is 0.143 e. The number of benzene rings is 11. The number of hydrogen-bond donors (Lipinski definition) is 0. The molecule has 0 saturated carbocycles. The van der Waals surface area contributed by atoms with E-state index in [1.54, 1.807) is 0 Å². The lowest BCUT2D eigenvalue weighted by atomic mass is 9.98. The van der Waals surface area contributed by atoms with E-state index >= 15 is 0 Å². The van der Waals surface area contributed by atoms with E-state index < -0.39 is 0 Å². The van der Waals surface area contributed by atoms with Crippen LogP contribution in [0, 0.1) is 0 Å². The van der Waals surface area contributed by atoms with Gasteiger partial charge in [-0.3, -0.25) is 0 Å². The lowest BCUT2D eigenvalue weighted by Crippen LogP contribution is -2.11. The van der Waals surface area contributed by atoms with E-state index in [0.29, 0.717) is 0 Å². The zero-order chi connectivity index (χ0) is 44.7. The van der Waals surface area contributed by atoms with Gasteiger partial charge >= 0.3 is 0 Å². The summed E-state index contributed by atoms with van der Waals surface area (Å²) in [6.07, 6.45) is 0. The summed E-state index contributed by atoms with van der Waals surface area (Å²) in [6.45, 7) is 0. The molecule has 4 nitrogen and oxygen atoms in total. The molecule has 0 amide bonds. The molecule has 0 aliphatic heterocycles. The highest BCUT2D eigenvalue weighted by Crippen LogP contribution is 2.46. The van der Waals surface area contributed by atoms with Gasteiger partial charge in [-0.25, -0.2) is 0 Å². The molecule has 68 heavy (non-hydrogen) atoms. The summed E-state index contributed by atoms with van der Waals surface area (Å²) in [4.78, 5) is 2.37. The van der Waals surface area contributed by atoms with Crippen molar-refractivity contribution < 1.29 is 8.83 Å². The van der Waals surface area contributed by atoms with E-state index in [0.717, 1.165) is 111 Å². The Morgan fingerprint density at radius 3 is 1.62 bits per heavy atom. The van der Waals surface area contributed by atoms with Crippen LogP contribution in [0.5, 0.6) is 0 Å². The molecule has 0 aliphatic carbocycles. The first kappa shape index (κ1) is 38.2. The Balaban J connectivity index is 0.899. The SMILES string of the molecule is c1cc(-c2ccc(N(c3ccc(-c4ccc5c(c4)oc4ccccc45)cc3)c3ccccc3-c3cccc4c3oc3c5ccccc5ccc43)cc2)cc(-n2c3ccccc3c3ccccc32)c1. The zero-order valence-electron chi connectivity index (χ0n) is 36.8. The standard InChI is InChI=1S/C64H40N2O2/c1-2-16-49-43(13-1)31-38-57-56-22-12-21-55(64(56)68-63(49)57)52-19-5-7-23-58(52)65(47-35-29-42(30-36-47)45-32-37-54-53-20-6-10-26-61(53)67-62(54)40-45)46-33-27-41(28-34-46)44-14-11-15-48(39-44)66-59-24-8-3-17-50(59)51-18-4-9-25-60(51)66/h1-40H. The summed E-state index contributed by atoms with van der Waals surface area (Å²) < 4.78 is 15.6. The van der Waals surface area contributed by atoms with Crippen LogP contribution in [-0.4, -0.2) is 4.57 Å². The summed E-state index contributed by atoms with van der Waals surface area (Å²) in [6, 6.07) is 86.9. The van der Waals surface area contributed by atoms with Gasteiger partial charge in [-0.15, -0.1) is 0 Å². The van der Waals surface area contributed by atoms with E-state index in [-0.39, 0.29) is 0 Å². The highest BCUT2D eigenvalue weighted by atomic mass is 16.3. The average Bonchev–Trinajstić information content (AvgIpc) is 4.09. The molecule has 11 aromatic carbocycles. The van der Waals surface area contributed by atoms with Gasteiger partial charge in [0.2, 0.25) is 0 Å². The number of hydrogen-bond acceptors (Lipinski definition) is 3. The molecule has 14 aromatic rings. The summed E-state index contributed by atoms with van der Waals surface area (Å²) >= 11 is 0. The number of nitrogens with zero attached hydrogens (tertiary/aromatic N) is 2. The maximum absolute atomic E-state index is 6.93. The van der Waals surface area contributed by atoms with E-state index in [1.807, 2.05) is 12.1 Å².